The van der Waals surface area contributed by atoms with E-state index in [2.05, 4.69) is 4.90 Å². The Morgan fingerprint density at radius 2 is 2.25 bits per heavy atom. The number of fused-ring (bicyclic) bond motifs is 1. The third-order valence-corrected chi connectivity index (χ3v) is 4.32. The van der Waals surface area contributed by atoms with E-state index in [0.29, 0.717) is 12.5 Å². The first-order valence-electron chi connectivity index (χ1n) is 6.21. The standard InChI is InChI=1S/C12H21NO3/c14-9-12-5-2-1-3-10(12)7-13(8-12)6-4-11(15)16/h10,14H,1-9H2,(H,15,16)/t10-,12-/m0/s1. The second-order valence-electron chi connectivity index (χ2n) is 5.34. The second-order valence-corrected chi connectivity index (χ2v) is 5.34. The van der Waals surface area contributed by atoms with Crippen LogP contribution in [-0.2, 0) is 4.79 Å². The van der Waals surface area contributed by atoms with E-state index in [1.165, 1.54) is 19.3 Å². The Morgan fingerprint density at radius 1 is 1.44 bits per heavy atom. The Labute approximate surface area is 96.3 Å². The summed E-state index contributed by atoms with van der Waals surface area (Å²) in [5.41, 5.74) is 0.0801. The Bertz CT molecular complexity index is 269. The molecule has 2 aliphatic rings. The van der Waals surface area contributed by atoms with Crippen LogP contribution in [0.25, 0.3) is 0 Å². The minimum absolute atomic E-state index is 0.0801. The monoisotopic (exact) mass is 227 g/mol. The van der Waals surface area contributed by atoms with E-state index < -0.39 is 5.97 Å². The first kappa shape index (κ1) is 11.9. The summed E-state index contributed by atoms with van der Waals surface area (Å²) in [6.45, 7) is 2.77. The smallest absolute Gasteiger partial charge is 0.304 e. The molecule has 16 heavy (non-hydrogen) atoms. The lowest BCUT2D eigenvalue weighted by atomic mass is 9.69. The van der Waals surface area contributed by atoms with Crippen LogP contribution in [0.1, 0.15) is 32.1 Å². The molecule has 4 heteroatoms. The van der Waals surface area contributed by atoms with Crippen molar-refractivity contribution in [2.45, 2.75) is 32.1 Å². The van der Waals surface area contributed by atoms with Crippen molar-refractivity contribution in [1.82, 2.24) is 4.90 Å². The fraction of sp³-hybridized carbons (Fsp3) is 0.917. The van der Waals surface area contributed by atoms with E-state index in [9.17, 15) is 9.90 Å². The summed E-state index contributed by atoms with van der Waals surface area (Å²) in [7, 11) is 0. The summed E-state index contributed by atoms with van der Waals surface area (Å²) >= 11 is 0. The molecule has 2 atom stereocenters. The molecule has 2 rings (SSSR count). The number of likely N-dealkylation sites (tertiary alicyclic amines) is 1. The van der Waals surface area contributed by atoms with Gasteiger partial charge in [-0.05, 0) is 18.8 Å². The zero-order chi connectivity index (χ0) is 11.6. The van der Waals surface area contributed by atoms with Gasteiger partial charge < -0.3 is 15.1 Å². The van der Waals surface area contributed by atoms with Crippen LogP contribution in [0.5, 0.6) is 0 Å². The second kappa shape index (κ2) is 4.72. The molecule has 0 amide bonds. The van der Waals surface area contributed by atoms with Gasteiger partial charge in [0.15, 0.2) is 0 Å². The van der Waals surface area contributed by atoms with Gasteiger partial charge in [-0.15, -0.1) is 0 Å². The number of hydrogen-bond acceptors (Lipinski definition) is 3. The lowest BCUT2D eigenvalue weighted by molar-refractivity contribution is -0.137. The number of carbonyl (C=O) groups is 1. The predicted octanol–water partition coefficient (Wildman–Crippen LogP) is 0.946. The number of carboxylic acids is 1. The molecule has 0 bridgehead atoms. The van der Waals surface area contributed by atoms with E-state index in [-0.39, 0.29) is 18.4 Å². The molecule has 1 saturated carbocycles. The van der Waals surface area contributed by atoms with Gasteiger partial charge >= 0.3 is 5.97 Å². The summed E-state index contributed by atoms with van der Waals surface area (Å²) in [6.07, 6.45) is 5.00. The molecule has 0 aromatic carbocycles. The summed E-state index contributed by atoms with van der Waals surface area (Å²) in [4.78, 5) is 12.8. The number of carboxylic acid groups (broad SMARTS) is 1. The predicted molar refractivity (Wildman–Crippen MR) is 60.2 cm³/mol. The molecule has 92 valence electrons. The molecule has 1 heterocycles. The lowest BCUT2D eigenvalue weighted by Gasteiger charge is -2.36. The van der Waals surface area contributed by atoms with Gasteiger partial charge in [0.25, 0.3) is 0 Å². The Kier molecular flexibility index (Phi) is 3.50. The van der Waals surface area contributed by atoms with Crippen LogP contribution in [0.4, 0.5) is 0 Å². The Hall–Kier alpha value is -0.610. The van der Waals surface area contributed by atoms with E-state index in [1.807, 2.05) is 0 Å². The number of aliphatic carboxylic acids is 1. The minimum atomic E-state index is -0.729. The molecule has 2 fully saturated rings. The first-order chi connectivity index (χ1) is 7.66. The van der Waals surface area contributed by atoms with Crippen molar-refractivity contribution in [3.8, 4) is 0 Å². The number of aliphatic hydroxyl groups is 1. The highest BCUT2D eigenvalue weighted by Gasteiger charge is 2.46. The maximum atomic E-state index is 10.5. The van der Waals surface area contributed by atoms with Crippen LogP contribution in [0.2, 0.25) is 0 Å². The van der Waals surface area contributed by atoms with Crippen LogP contribution in [-0.4, -0.2) is 47.3 Å². The van der Waals surface area contributed by atoms with Crippen molar-refractivity contribution in [3.05, 3.63) is 0 Å². The van der Waals surface area contributed by atoms with Crippen molar-refractivity contribution in [1.29, 1.82) is 0 Å². The van der Waals surface area contributed by atoms with Crippen LogP contribution in [0, 0.1) is 11.3 Å². The van der Waals surface area contributed by atoms with Crippen molar-refractivity contribution in [2.75, 3.05) is 26.2 Å². The molecule has 0 unspecified atom stereocenters. The van der Waals surface area contributed by atoms with Crippen molar-refractivity contribution < 1.29 is 15.0 Å². The number of aliphatic hydroxyl groups excluding tert-OH is 1. The highest BCUT2D eigenvalue weighted by atomic mass is 16.4. The normalized spacial score (nSPS) is 34.9. The van der Waals surface area contributed by atoms with Gasteiger partial charge in [-0.1, -0.05) is 12.8 Å². The van der Waals surface area contributed by atoms with Gasteiger partial charge in [-0.25, -0.2) is 0 Å². The van der Waals surface area contributed by atoms with Gasteiger partial charge in [0.1, 0.15) is 0 Å². The van der Waals surface area contributed by atoms with Crippen LogP contribution in [0.15, 0.2) is 0 Å². The van der Waals surface area contributed by atoms with Gasteiger partial charge in [0, 0.05) is 25.0 Å². The Morgan fingerprint density at radius 3 is 2.88 bits per heavy atom. The fourth-order valence-corrected chi connectivity index (χ4v) is 3.38. The summed E-state index contributed by atoms with van der Waals surface area (Å²) in [5.74, 6) is -0.145. The van der Waals surface area contributed by atoms with Crippen molar-refractivity contribution >= 4 is 5.97 Å². The topological polar surface area (TPSA) is 60.8 Å². The molecule has 0 spiro atoms. The average molecular weight is 227 g/mol. The lowest BCUT2D eigenvalue weighted by Crippen LogP contribution is -2.37. The average Bonchev–Trinajstić information content (AvgIpc) is 2.65. The zero-order valence-electron chi connectivity index (χ0n) is 9.69. The van der Waals surface area contributed by atoms with E-state index in [1.54, 1.807) is 0 Å². The maximum absolute atomic E-state index is 10.5. The van der Waals surface area contributed by atoms with Gasteiger partial charge in [0.05, 0.1) is 13.0 Å². The molecular formula is C12H21NO3. The van der Waals surface area contributed by atoms with Gasteiger partial charge in [0.2, 0.25) is 0 Å². The molecule has 1 aliphatic heterocycles. The Balaban J connectivity index is 1.94. The summed E-state index contributed by atoms with van der Waals surface area (Å²) in [6, 6.07) is 0. The fourth-order valence-electron chi connectivity index (χ4n) is 3.38. The van der Waals surface area contributed by atoms with Crippen molar-refractivity contribution in [3.63, 3.8) is 0 Å². The van der Waals surface area contributed by atoms with E-state index in [0.717, 1.165) is 19.5 Å². The maximum Gasteiger partial charge on any atom is 0.304 e. The van der Waals surface area contributed by atoms with Gasteiger partial charge in [-0.2, -0.15) is 0 Å². The minimum Gasteiger partial charge on any atom is -0.481 e. The van der Waals surface area contributed by atoms with E-state index in [4.69, 9.17) is 5.11 Å². The number of hydrogen-bond donors (Lipinski definition) is 2. The first-order valence-corrected chi connectivity index (χ1v) is 6.21. The largest absolute Gasteiger partial charge is 0.481 e. The summed E-state index contributed by atoms with van der Waals surface area (Å²) in [5, 5.41) is 18.3. The molecule has 0 radical (unpaired) electrons. The quantitative estimate of drug-likeness (QED) is 0.750. The molecular weight excluding hydrogens is 206 g/mol. The molecule has 1 aliphatic carbocycles. The van der Waals surface area contributed by atoms with Crippen molar-refractivity contribution in [2.24, 2.45) is 11.3 Å². The molecule has 0 aromatic rings. The SMILES string of the molecule is O=C(O)CCN1C[C@@H]2CCCC[C@@]2(CO)C1. The molecule has 0 aromatic heterocycles. The van der Waals surface area contributed by atoms with Crippen LogP contribution in [0.3, 0.4) is 0 Å². The third-order valence-electron chi connectivity index (χ3n) is 4.32. The highest BCUT2D eigenvalue weighted by Crippen LogP contribution is 2.46. The highest BCUT2D eigenvalue weighted by molar-refractivity contribution is 5.66. The number of rotatable bonds is 4. The van der Waals surface area contributed by atoms with E-state index >= 15 is 0 Å². The number of nitrogens with zero attached hydrogens (tertiary/aromatic N) is 1. The third kappa shape index (κ3) is 2.23. The van der Waals surface area contributed by atoms with Crippen LogP contribution < -0.4 is 0 Å². The molecule has 1 saturated heterocycles. The molecule has 2 N–H and O–H groups in total. The molecule has 4 nitrogen and oxygen atoms in total. The van der Waals surface area contributed by atoms with Crippen LogP contribution >= 0.6 is 0 Å². The van der Waals surface area contributed by atoms with Gasteiger partial charge in [-0.3, -0.25) is 4.79 Å². The summed E-state index contributed by atoms with van der Waals surface area (Å²) < 4.78 is 0. The zero-order valence-corrected chi connectivity index (χ0v) is 9.69.